The summed E-state index contributed by atoms with van der Waals surface area (Å²) in [4.78, 5) is 37.6. The van der Waals surface area contributed by atoms with Crippen molar-refractivity contribution in [3.8, 4) is 0 Å². The second-order valence-corrected chi connectivity index (χ2v) is 25.1. The van der Waals surface area contributed by atoms with Crippen molar-refractivity contribution in [2.75, 3.05) is 336 Å². The summed E-state index contributed by atoms with van der Waals surface area (Å²) in [5.41, 5.74) is 0. The van der Waals surface area contributed by atoms with Crippen LogP contribution in [0.1, 0.15) is 64.7 Å². The number of aromatic nitrogens is 1. The van der Waals surface area contributed by atoms with Gasteiger partial charge >= 0.3 is 7.82 Å². The molecule has 0 saturated carbocycles. The van der Waals surface area contributed by atoms with E-state index in [-0.39, 0.29) is 24.8 Å². The van der Waals surface area contributed by atoms with Crippen LogP contribution in [-0.2, 0) is 137 Å². The zero-order chi connectivity index (χ0) is 73.0. The van der Waals surface area contributed by atoms with Crippen LogP contribution in [0.5, 0.6) is 0 Å². The monoisotopic (exact) mass is 1530 g/mol. The molecule has 34 heteroatoms. The third-order valence-corrected chi connectivity index (χ3v) is 16.3. The van der Waals surface area contributed by atoms with Crippen LogP contribution >= 0.6 is 29.4 Å². The van der Waals surface area contributed by atoms with E-state index in [0.29, 0.717) is 355 Å². The Labute approximate surface area is 615 Å². The summed E-state index contributed by atoms with van der Waals surface area (Å²) in [6, 6.07) is 5.73. The third-order valence-electron chi connectivity index (χ3n) is 13.0. The van der Waals surface area contributed by atoms with Crippen molar-refractivity contribution >= 4 is 41.0 Å². The van der Waals surface area contributed by atoms with E-state index >= 15 is 0 Å². The molecule has 1 N–H and O–H groups in total. The van der Waals surface area contributed by atoms with Gasteiger partial charge in [0.1, 0.15) is 16.6 Å². The van der Waals surface area contributed by atoms with Gasteiger partial charge in [-0.3, -0.25) is 18.6 Å². The third kappa shape index (κ3) is 82.4. The van der Waals surface area contributed by atoms with E-state index in [1.165, 1.54) is 21.6 Å². The number of hydrogen-bond donors (Lipinski definition) is 1. The van der Waals surface area contributed by atoms with Gasteiger partial charge in [0.05, 0.1) is 329 Å². The molecule has 1 aromatic rings. The minimum atomic E-state index is -3.91. The summed E-state index contributed by atoms with van der Waals surface area (Å²) in [7, 11) is -0.888. The lowest BCUT2D eigenvalue weighted by Crippen LogP contribution is -2.16. The molecule has 0 aliphatic carbocycles. The summed E-state index contributed by atoms with van der Waals surface area (Å²) in [6.07, 6.45) is 8.09. The summed E-state index contributed by atoms with van der Waals surface area (Å²) in [5.74, 6) is 0.854. The average molecular weight is 1530 g/mol. The molecule has 0 aromatic carbocycles. The number of unbranched alkanes of at least 4 members (excludes halogenated alkanes) is 4. The number of nitrogens with zero attached hydrogens (tertiary/aromatic N) is 1. The number of ketones is 2. The molecule has 1 rings (SSSR count). The largest absolute Gasteiger partial charge is 0.472 e. The van der Waals surface area contributed by atoms with Crippen molar-refractivity contribution in [1.29, 1.82) is 0 Å². The fourth-order valence-electron chi connectivity index (χ4n) is 7.80. The molecule has 0 aliphatic heterocycles. The Bertz CT molecular complexity index is 1880. The topological polar surface area (TPSA) is 324 Å². The average Bonchev–Trinajstić information content (AvgIpc) is 1.22. The zero-order valence-electron chi connectivity index (χ0n) is 61.2. The number of phosphoric ester groups is 1. The molecule has 0 fully saturated rings. The Kier molecular flexibility index (Phi) is 81.9. The van der Waals surface area contributed by atoms with E-state index in [4.69, 9.17) is 118 Å². The molecule has 31 nitrogen and oxygen atoms in total. The Hall–Kier alpha value is -1.66. The van der Waals surface area contributed by atoms with Gasteiger partial charge in [0.2, 0.25) is 0 Å². The number of carbonyl (C=O) groups excluding carboxylic acids is 2. The number of rotatable bonds is 91. The van der Waals surface area contributed by atoms with Crippen molar-refractivity contribution in [3.63, 3.8) is 0 Å². The van der Waals surface area contributed by atoms with Gasteiger partial charge in [-0.2, -0.15) is 0 Å². The molecule has 1 atom stereocenters. The number of phosphoric acid groups is 1. The maximum Gasteiger partial charge on any atom is 0.472 e. The highest BCUT2D eigenvalue weighted by Crippen LogP contribution is 2.43. The molecular formula is C68H128NO30PS2. The van der Waals surface area contributed by atoms with E-state index in [2.05, 4.69) is 9.51 Å². The predicted molar refractivity (Wildman–Crippen MR) is 381 cm³/mol. The smallest absolute Gasteiger partial charge is 0.379 e. The van der Waals surface area contributed by atoms with Crippen LogP contribution in [0.2, 0.25) is 0 Å². The van der Waals surface area contributed by atoms with Crippen LogP contribution in [0.15, 0.2) is 29.4 Å². The zero-order valence-corrected chi connectivity index (χ0v) is 63.8. The van der Waals surface area contributed by atoms with Crippen molar-refractivity contribution in [2.24, 2.45) is 0 Å². The normalized spacial score (nSPS) is 12.3. The second-order valence-electron chi connectivity index (χ2n) is 21.4. The Morgan fingerprint density at radius 1 is 0.304 bits per heavy atom. The lowest BCUT2D eigenvalue weighted by atomic mass is 10.1. The van der Waals surface area contributed by atoms with Crippen LogP contribution in [0.4, 0.5) is 0 Å². The Morgan fingerprint density at radius 2 is 0.559 bits per heavy atom. The van der Waals surface area contributed by atoms with Gasteiger partial charge in [-0.05, 0) is 49.1 Å². The van der Waals surface area contributed by atoms with E-state index in [0.717, 1.165) is 30.7 Å². The van der Waals surface area contributed by atoms with E-state index < -0.39 is 7.82 Å². The number of Topliss-reactive ketones (excluding diaryl/α,β-unsaturated/α-hetero) is 2. The van der Waals surface area contributed by atoms with Crippen LogP contribution in [-0.4, -0.2) is 358 Å². The van der Waals surface area contributed by atoms with Gasteiger partial charge in [0.25, 0.3) is 0 Å². The van der Waals surface area contributed by atoms with E-state index in [9.17, 15) is 19.0 Å². The number of hydrogen-bond acceptors (Lipinski definition) is 32. The number of pyridine rings is 1. The minimum absolute atomic E-state index is 0.126. The first-order valence-corrected chi connectivity index (χ1v) is 40.0. The number of carbonyl (C=O) groups is 2. The van der Waals surface area contributed by atoms with Gasteiger partial charge in [-0.15, -0.1) is 0 Å². The molecule has 0 amide bonds. The molecule has 1 unspecified atom stereocenters. The lowest BCUT2D eigenvalue weighted by Gasteiger charge is -2.10. The van der Waals surface area contributed by atoms with E-state index in [1.807, 2.05) is 18.2 Å². The molecule has 0 saturated heterocycles. The maximum atomic E-state index is 12.0. The second kappa shape index (κ2) is 85.0. The van der Waals surface area contributed by atoms with Crippen molar-refractivity contribution in [2.45, 2.75) is 69.7 Å². The van der Waals surface area contributed by atoms with Gasteiger partial charge in [0, 0.05) is 32.1 Å². The molecule has 1 heterocycles. The highest BCUT2D eigenvalue weighted by molar-refractivity contribution is 8.76. The highest BCUT2D eigenvalue weighted by atomic mass is 33.1. The Morgan fingerprint density at radius 3 is 0.833 bits per heavy atom. The standard InChI is InChI=1S/C68H128NO30PS2/c1-2-98-100(72,73)99-17-9-5-3-4-6-11-66(70)14-18-75-20-22-77-24-26-79-28-30-81-32-34-83-36-38-85-40-42-87-44-46-89-48-50-91-52-54-93-56-58-95-60-62-97-64-63-96-61-59-94-57-55-92-53-51-90-49-47-88-45-43-86-41-39-84-37-35-82-33-31-80-29-27-78-25-23-76-21-19-74-16-10-12-67(71)65-101-102-68-13-7-8-15-69-68/h7-8,13,15H,2-6,9-12,14,16-65H2,1H3,(H,72,73). The maximum absolute atomic E-state index is 12.0. The molecule has 102 heavy (non-hydrogen) atoms. The van der Waals surface area contributed by atoms with Crippen molar-refractivity contribution in [3.05, 3.63) is 24.4 Å². The first kappa shape index (κ1) is 98.3. The summed E-state index contributed by atoms with van der Waals surface area (Å²) in [6.45, 7) is 24.6. The quantitative estimate of drug-likeness (QED) is 0.0442. The van der Waals surface area contributed by atoms with Gasteiger partial charge < -0.3 is 119 Å². The predicted octanol–water partition coefficient (Wildman–Crippen LogP) is 6.02. The highest BCUT2D eigenvalue weighted by Gasteiger charge is 2.19. The molecule has 602 valence electrons. The van der Waals surface area contributed by atoms with Gasteiger partial charge in [-0.1, -0.05) is 36.1 Å². The lowest BCUT2D eigenvalue weighted by molar-refractivity contribution is -0.120. The SMILES string of the molecule is CCOP(=O)(O)OCCCCCCCC(=O)CCOCCOCCOCCOCCOCCOCCOCCOCCOCCOCCOCCOCCOCCOCCOCCOCCOCCOCCOCCOCCOCCOCCOCCOCCCC(=O)CSSc1ccccn1. The van der Waals surface area contributed by atoms with Crippen LogP contribution in [0, 0.1) is 0 Å². The van der Waals surface area contributed by atoms with Crippen LogP contribution < -0.4 is 0 Å². The van der Waals surface area contributed by atoms with Gasteiger partial charge in [-0.25, -0.2) is 9.55 Å². The molecule has 0 bridgehead atoms. The van der Waals surface area contributed by atoms with Gasteiger partial charge in [0.15, 0.2) is 0 Å². The Balaban J connectivity index is 1.60. The summed E-state index contributed by atoms with van der Waals surface area (Å²) >= 11 is 0. The first-order chi connectivity index (χ1) is 50.4. The minimum Gasteiger partial charge on any atom is -0.379 e. The molecule has 0 radical (unpaired) electrons. The fourth-order valence-corrected chi connectivity index (χ4v) is 10.5. The molecule has 0 aliphatic rings. The summed E-state index contributed by atoms with van der Waals surface area (Å²) < 4.78 is 154. The molecular weight excluding hydrogens is 1410 g/mol. The van der Waals surface area contributed by atoms with Crippen molar-refractivity contribution in [1.82, 2.24) is 4.98 Å². The van der Waals surface area contributed by atoms with Crippen LogP contribution in [0.25, 0.3) is 0 Å². The molecule has 0 spiro atoms. The number of ether oxygens (including phenoxy) is 24. The first-order valence-electron chi connectivity index (χ1n) is 36.1. The van der Waals surface area contributed by atoms with E-state index in [1.54, 1.807) is 13.1 Å². The van der Waals surface area contributed by atoms with Crippen LogP contribution in [0.3, 0.4) is 0 Å². The van der Waals surface area contributed by atoms with Crippen molar-refractivity contribution < 1.29 is 142 Å². The fraction of sp³-hybridized carbons (Fsp3) is 0.897. The molecule has 1 aromatic heterocycles. The summed E-state index contributed by atoms with van der Waals surface area (Å²) in [5, 5.41) is 0.904.